The van der Waals surface area contributed by atoms with E-state index < -0.39 is 0 Å². The van der Waals surface area contributed by atoms with Gasteiger partial charge in [0.2, 0.25) is 11.9 Å². The van der Waals surface area contributed by atoms with Gasteiger partial charge in [-0.2, -0.15) is 0 Å². The van der Waals surface area contributed by atoms with Crippen molar-refractivity contribution >= 4 is 10.8 Å². The van der Waals surface area contributed by atoms with Gasteiger partial charge in [-0.15, -0.1) is 0 Å². The monoisotopic (exact) mass is 232 g/mol. The quantitative estimate of drug-likeness (QED) is 0.637. The van der Waals surface area contributed by atoms with Gasteiger partial charge in [0.15, 0.2) is 0 Å². The highest BCUT2D eigenvalue weighted by molar-refractivity contribution is 5.89. The van der Waals surface area contributed by atoms with Crippen LogP contribution in [0.1, 0.15) is 23.7 Å². The maximum Gasteiger partial charge on any atom is 0.234 e. The Morgan fingerprint density at radius 2 is 2.00 bits per heavy atom. The predicted molar refractivity (Wildman–Crippen MR) is 66.7 cm³/mol. The smallest absolute Gasteiger partial charge is 0.234 e. The van der Waals surface area contributed by atoms with Gasteiger partial charge in [-0.05, 0) is 31.0 Å². The number of pyridine rings is 1. The number of ether oxygens (including phenoxy) is 1. The third-order valence-electron chi connectivity index (χ3n) is 3.29. The fourth-order valence-electron chi connectivity index (χ4n) is 2.16. The molecule has 3 nitrogen and oxygen atoms in total. The highest BCUT2D eigenvalue weighted by Crippen LogP contribution is 2.31. The number of benzene rings is 1. The molecule has 0 aliphatic rings. The van der Waals surface area contributed by atoms with Crippen LogP contribution >= 0.6 is 0 Å². The summed E-state index contributed by atoms with van der Waals surface area (Å²) in [7, 11) is 1.69. The van der Waals surface area contributed by atoms with Gasteiger partial charge in [-0.25, -0.2) is 0 Å². The summed E-state index contributed by atoms with van der Waals surface area (Å²) in [5.74, 6) is 0.898. The lowest BCUT2D eigenvalue weighted by atomic mass is 10.0. The van der Waals surface area contributed by atoms with E-state index in [0.29, 0.717) is 0 Å². The molecule has 2 aromatic rings. The molecule has 0 saturated carbocycles. The van der Waals surface area contributed by atoms with Crippen LogP contribution in [0, 0.1) is 13.8 Å². The molecule has 90 valence electrons. The Kier molecular flexibility index (Phi) is 2.92. The number of aryl methyl sites for hydroxylation is 2. The SMILES string of the molecule is CCc1cc2c(OC)c(C)c(C)cc2c[n+]1O. The Bertz CT molecular complexity index is 576. The van der Waals surface area contributed by atoms with Crippen LogP contribution in [0.15, 0.2) is 18.3 Å². The lowest BCUT2D eigenvalue weighted by molar-refractivity contribution is -0.908. The summed E-state index contributed by atoms with van der Waals surface area (Å²) in [6.45, 7) is 6.12. The van der Waals surface area contributed by atoms with E-state index in [0.717, 1.165) is 34.2 Å². The minimum absolute atomic E-state index is 0.780. The normalized spacial score (nSPS) is 10.8. The third kappa shape index (κ3) is 1.82. The number of hydrogen-bond acceptors (Lipinski definition) is 2. The molecule has 3 heteroatoms. The summed E-state index contributed by atoms with van der Waals surface area (Å²) in [6, 6.07) is 4.06. The van der Waals surface area contributed by atoms with Gasteiger partial charge < -0.3 is 4.74 Å². The molecule has 0 spiro atoms. The highest BCUT2D eigenvalue weighted by Gasteiger charge is 2.15. The lowest BCUT2D eigenvalue weighted by Gasteiger charge is -2.11. The molecule has 0 unspecified atom stereocenters. The Morgan fingerprint density at radius 1 is 1.29 bits per heavy atom. The molecule has 17 heavy (non-hydrogen) atoms. The van der Waals surface area contributed by atoms with E-state index in [1.54, 1.807) is 13.3 Å². The topological polar surface area (TPSA) is 33.3 Å². The van der Waals surface area contributed by atoms with Crippen LogP contribution in [-0.2, 0) is 6.42 Å². The number of nitrogens with zero attached hydrogens (tertiary/aromatic N) is 1. The molecule has 0 saturated heterocycles. The van der Waals surface area contributed by atoms with Gasteiger partial charge in [0.1, 0.15) is 5.75 Å². The molecule has 2 rings (SSSR count). The third-order valence-corrected chi connectivity index (χ3v) is 3.29. The fraction of sp³-hybridized carbons (Fsp3) is 0.357. The summed E-state index contributed by atoms with van der Waals surface area (Å²) < 4.78 is 6.68. The molecule has 0 atom stereocenters. The van der Waals surface area contributed by atoms with Gasteiger partial charge in [0, 0.05) is 22.6 Å². The molecule has 0 radical (unpaired) electrons. The van der Waals surface area contributed by atoms with E-state index in [-0.39, 0.29) is 0 Å². The maximum atomic E-state index is 9.81. The lowest BCUT2D eigenvalue weighted by Crippen LogP contribution is -2.34. The molecule has 0 aliphatic heterocycles. The zero-order valence-corrected chi connectivity index (χ0v) is 10.7. The average molecular weight is 232 g/mol. The molecule has 0 fully saturated rings. The zero-order chi connectivity index (χ0) is 12.6. The first-order valence-corrected chi connectivity index (χ1v) is 5.80. The maximum absolute atomic E-state index is 9.81. The first-order chi connectivity index (χ1) is 8.08. The molecule has 0 amide bonds. The second-order valence-electron chi connectivity index (χ2n) is 4.32. The van der Waals surface area contributed by atoms with Gasteiger partial charge in [-0.3, -0.25) is 5.21 Å². The fourth-order valence-corrected chi connectivity index (χ4v) is 2.16. The Morgan fingerprint density at radius 3 is 2.59 bits per heavy atom. The summed E-state index contributed by atoms with van der Waals surface area (Å²) in [4.78, 5) is 0. The van der Waals surface area contributed by atoms with Crippen LogP contribution in [0.25, 0.3) is 10.8 Å². The zero-order valence-electron chi connectivity index (χ0n) is 10.7. The van der Waals surface area contributed by atoms with Crippen LogP contribution in [-0.4, -0.2) is 12.3 Å². The minimum Gasteiger partial charge on any atom is -0.496 e. The molecular weight excluding hydrogens is 214 g/mol. The van der Waals surface area contributed by atoms with E-state index in [1.165, 1.54) is 10.3 Å². The molecule has 1 aromatic heterocycles. The number of rotatable bonds is 2. The van der Waals surface area contributed by atoms with Gasteiger partial charge in [0.05, 0.1) is 12.5 Å². The van der Waals surface area contributed by atoms with Crippen molar-refractivity contribution in [2.75, 3.05) is 7.11 Å². The molecule has 1 N–H and O–H groups in total. The van der Waals surface area contributed by atoms with Crippen LogP contribution in [0.2, 0.25) is 0 Å². The molecule has 1 heterocycles. The van der Waals surface area contributed by atoms with Crippen molar-refractivity contribution in [3.05, 3.63) is 35.2 Å². The number of hydrogen-bond donors (Lipinski definition) is 1. The van der Waals surface area contributed by atoms with Crippen molar-refractivity contribution < 1.29 is 14.7 Å². The Balaban J connectivity index is 2.86. The van der Waals surface area contributed by atoms with E-state index in [2.05, 4.69) is 13.0 Å². The van der Waals surface area contributed by atoms with E-state index in [9.17, 15) is 5.21 Å². The van der Waals surface area contributed by atoms with Crippen molar-refractivity contribution in [3.8, 4) is 5.75 Å². The average Bonchev–Trinajstić information content (AvgIpc) is 2.31. The van der Waals surface area contributed by atoms with E-state index in [1.807, 2.05) is 19.9 Å². The first-order valence-electron chi connectivity index (χ1n) is 5.80. The molecule has 1 aromatic carbocycles. The van der Waals surface area contributed by atoms with Gasteiger partial charge in [-0.1, -0.05) is 6.92 Å². The van der Waals surface area contributed by atoms with Crippen molar-refractivity contribution in [1.29, 1.82) is 0 Å². The number of methoxy groups -OCH3 is 1. The van der Waals surface area contributed by atoms with Gasteiger partial charge in [0.25, 0.3) is 0 Å². The number of fused-ring (bicyclic) bond motifs is 1. The van der Waals surface area contributed by atoms with Crippen molar-refractivity contribution in [3.63, 3.8) is 0 Å². The van der Waals surface area contributed by atoms with Crippen LogP contribution in [0.5, 0.6) is 5.75 Å². The van der Waals surface area contributed by atoms with Gasteiger partial charge >= 0.3 is 0 Å². The molecular formula is C14H18NO2+. The Labute approximate surface area is 101 Å². The second kappa shape index (κ2) is 4.24. The highest BCUT2D eigenvalue weighted by atomic mass is 16.5. The first kappa shape index (κ1) is 11.7. The van der Waals surface area contributed by atoms with Crippen LogP contribution in [0.3, 0.4) is 0 Å². The van der Waals surface area contributed by atoms with Crippen molar-refractivity contribution in [1.82, 2.24) is 0 Å². The Hall–Kier alpha value is -1.77. The van der Waals surface area contributed by atoms with Crippen LogP contribution < -0.4 is 9.47 Å². The summed E-state index contributed by atoms with van der Waals surface area (Å²) in [6.07, 6.45) is 2.52. The standard InChI is InChI=1S/C14H18NO2/c1-5-12-7-13-11(8-15(12)16)6-9(2)10(3)14(13)17-4/h6-8,16H,5H2,1-4H3/q+1. The number of aromatic nitrogens is 1. The predicted octanol–water partition coefficient (Wildman–Crippen LogP) is 2.55. The van der Waals surface area contributed by atoms with E-state index >= 15 is 0 Å². The minimum atomic E-state index is 0.780. The largest absolute Gasteiger partial charge is 0.496 e. The summed E-state index contributed by atoms with van der Waals surface area (Å²) >= 11 is 0. The second-order valence-corrected chi connectivity index (χ2v) is 4.32. The van der Waals surface area contributed by atoms with Crippen molar-refractivity contribution in [2.45, 2.75) is 27.2 Å². The van der Waals surface area contributed by atoms with E-state index in [4.69, 9.17) is 4.74 Å². The molecule has 0 bridgehead atoms. The summed E-state index contributed by atoms with van der Waals surface area (Å²) in [5.41, 5.74) is 3.19. The van der Waals surface area contributed by atoms with Crippen LogP contribution in [0.4, 0.5) is 0 Å². The van der Waals surface area contributed by atoms with Crippen molar-refractivity contribution in [2.24, 2.45) is 0 Å². The summed E-state index contributed by atoms with van der Waals surface area (Å²) in [5, 5.41) is 11.9. The molecule has 0 aliphatic carbocycles.